The van der Waals surface area contributed by atoms with Crippen LogP contribution < -0.4 is 0 Å². The standard InChI is InChI=1S/C13H9F2NO2S/c14-11-4-6-13(7-5-11)19(17,18)16-9-10-2-1-3-12(15)8-10/h1-9H/b16-9+. The first-order valence-corrected chi connectivity index (χ1v) is 6.73. The molecule has 0 aromatic heterocycles. The molecule has 0 aliphatic rings. The van der Waals surface area contributed by atoms with Crippen molar-refractivity contribution in [3.63, 3.8) is 0 Å². The molecule has 0 N–H and O–H groups in total. The summed E-state index contributed by atoms with van der Waals surface area (Å²) in [4.78, 5) is -0.124. The second-order valence-corrected chi connectivity index (χ2v) is 5.35. The Kier molecular flexibility index (Phi) is 3.71. The van der Waals surface area contributed by atoms with Gasteiger partial charge < -0.3 is 0 Å². The van der Waals surface area contributed by atoms with Crippen molar-refractivity contribution < 1.29 is 17.2 Å². The van der Waals surface area contributed by atoms with E-state index in [1.54, 1.807) is 0 Å². The molecule has 0 atom stereocenters. The van der Waals surface area contributed by atoms with E-state index in [-0.39, 0.29) is 4.90 Å². The Balaban J connectivity index is 2.29. The highest BCUT2D eigenvalue weighted by molar-refractivity contribution is 7.90. The maximum absolute atomic E-state index is 12.9. The van der Waals surface area contributed by atoms with E-state index in [4.69, 9.17) is 0 Å². The third kappa shape index (κ3) is 3.45. The van der Waals surface area contributed by atoms with Crippen LogP contribution in [0.25, 0.3) is 0 Å². The molecule has 0 unspecified atom stereocenters. The molecular formula is C13H9F2NO2S. The van der Waals surface area contributed by atoms with Gasteiger partial charge in [0.15, 0.2) is 0 Å². The van der Waals surface area contributed by atoms with Crippen molar-refractivity contribution in [2.24, 2.45) is 4.40 Å². The summed E-state index contributed by atoms with van der Waals surface area (Å²) in [5.74, 6) is -1.02. The van der Waals surface area contributed by atoms with E-state index in [2.05, 4.69) is 4.40 Å². The zero-order valence-corrected chi connectivity index (χ0v) is 10.4. The molecular weight excluding hydrogens is 272 g/mol. The SMILES string of the molecule is O=S(=O)(/N=C/c1cccc(F)c1)c1ccc(F)cc1. The zero-order valence-electron chi connectivity index (χ0n) is 9.62. The summed E-state index contributed by atoms with van der Waals surface area (Å²) in [5.41, 5.74) is 0.325. The number of rotatable bonds is 3. The van der Waals surface area contributed by atoms with Crippen molar-refractivity contribution in [2.75, 3.05) is 0 Å². The Bertz CT molecular complexity index is 710. The molecule has 0 spiro atoms. The molecule has 2 rings (SSSR count). The van der Waals surface area contributed by atoms with Gasteiger partial charge in [0.05, 0.1) is 4.90 Å². The van der Waals surface area contributed by atoms with Crippen molar-refractivity contribution in [3.05, 3.63) is 65.7 Å². The third-order valence-corrected chi connectivity index (χ3v) is 3.55. The van der Waals surface area contributed by atoms with E-state index in [0.717, 1.165) is 36.5 Å². The maximum atomic E-state index is 12.9. The lowest BCUT2D eigenvalue weighted by atomic mass is 10.2. The summed E-state index contributed by atoms with van der Waals surface area (Å²) >= 11 is 0. The molecule has 6 heteroatoms. The van der Waals surface area contributed by atoms with E-state index in [1.165, 1.54) is 18.2 Å². The van der Waals surface area contributed by atoms with Crippen LogP contribution in [-0.2, 0) is 10.0 Å². The number of nitrogens with zero attached hydrogens (tertiary/aromatic N) is 1. The molecule has 0 saturated heterocycles. The first kappa shape index (κ1) is 13.4. The molecule has 2 aromatic carbocycles. The summed E-state index contributed by atoms with van der Waals surface area (Å²) in [6.45, 7) is 0. The van der Waals surface area contributed by atoms with E-state index < -0.39 is 21.7 Å². The number of benzene rings is 2. The molecule has 0 radical (unpaired) electrons. The minimum Gasteiger partial charge on any atom is -0.207 e. The number of halogens is 2. The Labute approximate surface area is 109 Å². The van der Waals surface area contributed by atoms with Gasteiger partial charge in [-0.25, -0.2) is 8.78 Å². The Morgan fingerprint density at radius 1 is 0.947 bits per heavy atom. The molecule has 0 bridgehead atoms. The van der Waals surface area contributed by atoms with Crippen molar-refractivity contribution in [1.82, 2.24) is 0 Å². The monoisotopic (exact) mass is 281 g/mol. The lowest BCUT2D eigenvalue weighted by Gasteiger charge is -1.98. The fraction of sp³-hybridized carbons (Fsp3) is 0. The predicted molar refractivity (Wildman–Crippen MR) is 67.6 cm³/mol. The van der Waals surface area contributed by atoms with Gasteiger partial charge in [0.25, 0.3) is 10.0 Å². The van der Waals surface area contributed by atoms with Gasteiger partial charge in [0, 0.05) is 6.21 Å². The van der Waals surface area contributed by atoms with Crippen molar-refractivity contribution in [2.45, 2.75) is 4.90 Å². The quantitative estimate of drug-likeness (QED) is 0.812. The zero-order chi connectivity index (χ0) is 13.9. The normalized spacial score (nSPS) is 11.9. The third-order valence-electron chi connectivity index (χ3n) is 2.30. The Hall–Kier alpha value is -2.08. The summed E-state index contributed by atoms with van der Waals surface area (Å²) in [6.07, 6.45) is 1.04. The summed E-state index contributed by atoms with van der Waals surface area (Å²) in [7, 11) is -3.91. The van der Waals surface area contributed by atoms with Crippen LogP contribution in [0.2, 0.25) is 0 Å². The number of hydrogen-bond donors (Lipinski definition) is 0. The van der Waals surface area contributed by atoms with E-state index >= 15 is 0 Å². The van der Waals surface area contributed by atoms with Gasteiger partial charge in [-0.15, -0.1) is 0 Å². The van der Waals surface area contributed by atoms with Gasteiger partial charge in [-0.2, -0.15) is 12.8 Å². The van der Waals surface area contributed by atoms with Gasteiger partial charge in [-0.1, -0.05) is 12.1 Å². The summed E-state index contributed by atoms with van der Waals surface area (Å²) < 4.78 is 52.6. The predicted octanol–water partition coefficient (Wildman–Crippen LogP) is 2.77. The van der Waals surface area contributed by atoms with Crippen molar-refractivity contribution in [1.29, 1.82) is 0 Å². The first-order chi connectivity index (χ1) is 8.97. The van der Waals surface area contributed by atoms with Crippen LogP contribution in [0.5, 0.6) is 0 Å². The lowest BCUT2D eigenvalue weighted by molar-refractivity contribution is 0.596. The number of hydrogen-bond acceptors (Lipinski definition) is 2. The van der Waals surface area contributed by atoms with Gasteiger partial charge in [0.2, 0.25) is 0 Å². The van der Waals surface area contributed by atoms with Crippen LogP contribution in [-0.4, -0.2) is 14.6 Å². The fourth-order valence-electron chi connectivity index (χ4n) is 1.38. The van der Waals surface area contributed by atoms with Crippen LogP contribution in [0.1, 0.15) is 5.56 Å². The molecule has 0 heterocycles. The van der Waals surface area contributed by atoms with Crippen molar-refractivity contribution in [3.8, 4) is 0 Å². The highest BCUT2D eigenvalue weighted by Crippen LogP contribution is 2.13. The minimum absolute atomic E-state index is 0.124. The largest absolute Gasteiger partial charge is 0.282 e. The van der Waals surface area contributed by atoms with E-state index in [1.807, 2.05) is 0 Å². The van der Waals surface area contributed by atoms with Crippen LogP contribution >= 0.6 is 0 Å². The average Bonchev–Trinajstić information content (AvgIpc) is 2.37. The lowest BCUT2D eigenvalue weighted by Crippen LogP contribution is -1.98. The maximum Gasteiger partial charge on any atom is 0.282 e. The second-order valence-electron chi connectivity index (χ2n) is 3.72. The molecule has 3 nitrogen and oxygen atoms in total. The summed E-state index contributed by atoms with van der Waals surface area (Å²) in [5, 5.41) is 0. The number of sulfonamides is 1. The van der Waals surface area contributed by atoms with Gasteiger partial charge in [0.1, 0.15) is 11.6 Å². The van der Waals surface area contributed by atoms with Gasteiger partial charge >= 0.3 is 0 Å². The van der Waals surface area contributed by atoms with Gasteiger partial charge in [-0.3, -0.25) is 0 Å². The average molecular weight is 281 g/mol. The fourth-order valence-corrected chi connectivity index (χ4v) is 2.25. The molecule has 2 aromatic rings. The molecule has 0 aliphatic heterocycles. The molecule has 98 valence electrons. The highest BCUT2D eigenvalue weighted by Gasteiger charge is 2.11. The topological polar surface area (TPSA) is 46.5 Å². The Morgan fingerprint density at radius 2 is 1.63 bits per heavy atom. The van der Waals surface area contributed by atoms with Crippen molar-refractivity contribution >= 4 is 16.2 Å². The van der Waals surface area contributed by atoms with E-state index in [0.29, 0.717) is 5.56 Å². The molecule has 19 heavy (non-hydrogen) atoms. The van der Waals surface area contributed by atoms with Crippen LogP contribution in [0, 0.1) is 11.6 Å². The molecule has 0 saturated carbocycles. The Morgan fingerprint density at radius 3 is 2.26 bits per heavy atom. The van der Waals surface area contributed by atoms with Gasteiger partial charge in [-0.05, 0) is 42.0 Å². The van der Waals surface area contributed by atoms with E-state index in [9.17, 15) is 17.2 Å². The molecule has 0 amide bonds. The molecule has 0 aliphatic carbocycles. The highest BCUT2D eigenvalue weighted by atomic mass is 32.2. The minimum atomic E-state index is -3.91. The van der Waals surface area contributed by atoms with Crippen LogP contribution in [0.4, 0.5) is 8.78 Å². The van der Waals surface area contributed by atoms with Crippen LogP contribution in [0.15, 0.2) is 57.8 Å². The summed E-state index contributed by atoms with van der Waals surface area (Å²) in [6, 6.07) is 9.67. The first-order valence-electron chi connectivity index (χ1n) is 5.29. The molecule has 0 fully saturated rings. The smallest absolute Gasteiger partial charge is 0.207 e. The van der Waals surface area contributed by atoms with Crippen LogP contribution in [0.3, 0.4) is 0 Å². The second kappa shape index (κ2) is 5.27.